The molecular formula is C16H16FNO5S. The van der Waals surface area contributed by atoms with Gasteiger partial charge in [0, 0.05) is 5.56 Å². The largest absolute Gasteiger partial charge is 0.493 e. The highest BCUT2D eigenvalue weighted by Crippen LogP contribution is 2.27. The zero-order valence-corrected chi connectivity index (χ0v) is 13.9. The van der Waals surface area contributed by atoms with E-state index in [-0.39, 0.29) is 5.56 Å². The molecule has 0 heterocycles. The number of rotatable bonds is 6. The first kappa shape index (κ1) is 17.7. The molecule has 2 aromatic rings. The number of benzene rings is 2. The van der Waals surface area contributed by atoms with Crippen molar-refractivity contribution in [3.05, 3.63) is 59.4 Å². The minimum absolute atomic E-state index is 0.107. The van der Waals surface area contributed by atoms with Crippen molar-refractivity contribution < 1.29 is 27.1 Å². The van der Waals surface area contributed by atoms with Gasteiger partial charge < -0.3 is 9.47 Å². The summed E-state index contributed by atoms with van der Waals surface area (Å²) in [5.41, 5.74) is 0.472. The summed E-state index contributed by atoms with van der Waals surface area (Å²) >= 11 is 0. The summed E-state index contributed by atoms with van der Waals surface area (Å²) in [6.07, 6.45) is 0. The minimum Gasteiger partial charge on any atom is -0.493 e. The number of hydrogen-bond donors (Lipinski definition) is 1. The summed E-state index contributed by atoms with van der Waals surface area (Å²) < 4.78 is 49.1. The molecule has 0 saturated heterocycles. The van der Waals surface area contributed by atoms with Crippen LogP contribution in [0.5, 0.6) is 11.5 Å². The Kier molecular flexibility index (Phi) is 5.40. The highest BCUT2D eigenvalue weighted by molar-refractivity contribution is 7.89. The minimum atomic E-state index is -3.92. The first-order chi connectivity index (χ1) is 11.3. The second-order valence-corrected chi connectivity index (χ2v) is 6.61. The van der Waals surface area contributed by atoms with Gasteiger partial charge in [-0.15, -0.1) is 0 Å². The van der Waals surface area contributed by atoms with Crippen LogP contribution in [0.4, 0.5) is 4.39 Å². The number of methoxy groups -OCH3 is 2. The Hall–Kier alpha value is -2.61. The van der Waals surface area contributed by atoms with Crippen molar-refractivity contribution in [1.29, 1.82) is 0 Å². The predicted molar refractivity (Wildman–Crippen MR) is 86.0 cm³/mol. The highest BCUT2D eigenvalue weighted by Gasteiger charge is 2.18. The number of amides is 1. The molecule has 0 radical (unpaired) electrons. The maximum atomic E-state index is 12.8. The van der Waals surface area contributed by atoms with E-state index in [4.69, 9.17) is 9.47 Å². The van der Waals surface area contributed by atoms with E-state index in [9.17, 15) is 17.6 Å². The second-order valence-electron chi connectivity index (χ2n) is 4.89. The average Bonchev–Trinajstić information content (AvgIpc) is 2.55. The van der Waals surface area contributed by atoms with Crippen molar-refractivity contribution in [3.63, 3.8) is 0 Å². The van der Waals surface area contributed by atoms with E-state index in [1.54, 1.807) is 0 Å². The van der Waals surface area contributed by atoms with Crippen LogP contribution in [0.25, 0.3) is 0 Å². The molecule has 0 aromatic heterocycles. The average molecular weight is 353 g/mol. The topological polar surface area (TPSA) is 81.7 Å². The molecule has 24 heavy (non-hydrogen) atoms. The number of nitrogens with one attached hydrogen (secondary N) is 1. The fourth-order valence-corrected chi connectivity index (χ4v) is 3.12. The molecule has 0 bridgehead atoms. The highest BCUT2D eigenvalue weighted by atomic mass is 32.2. The summed E-state index contributed by atoms with van der Waals surface area (Å²) in [4.78, 5) is 12.1. The quantitative estimate of drug-likeness (QED) is 0.860. The van der Waals surface area contributed by atoms with E-state index in [1.807, 2.05) is 4.72 Å². The van der Waals surface area contributed by atoms with Gasteiger partial charge in [-0.3, -0.25) is 4.79 Å². The summed E-state index contributed by atoms with van der Waals surface area (Å²) in [5, 5.41) is 0. The monoisotopic (exact) mass is 353 g/mol. The second kappa shape index (κ2) is 7.31. The Morgan fingerprint density at radius 2 is 1.67 bits per heavy atom. The van der Waals surface area contributed by atoms with Gasteiger partial charge in [0.25, 0.3) is 5.91 Å². The third-order valence-electron chi connectivity index (χ3n) is 3.16. The smallest absolute Gasteiger partial charge is 0.264 e. The summed E-state index contributed by atoms with van der Waals surface area (Å²) in [7, 11) is -1.07. The maximum Gasteiger partial charge on any atom is 0.264 e. The lowest BCUT2D eigenvalue weighted by Gasteiger charge is -2.10. The van der Waals surface area contributed by atoms with E-state index in [0.717, 1.165) is 12.1 Å². The van der Waals surface area contributed by atoms with Crippen molar-refractivity contribution >= 4 is 15.9 Å². The van der Waals surface area contributed by atoms with Crippen LogP contribution >= 0.6 is 0 Å². The molecule has 8 heteroatoms. The molecule has 0 fully saturated rings. The van der Waals surface area contributed by atoms with E-state index in [2.05, 4.69) is 0 Å². The van der Waals surface area contributed by atoms with Crippen molar-refractivity contribution in [3.8, 4) is 11.5 Å². The van der Waals surface area contributed by atoms with Crippen LogP contribution in [0.3, 0.4) is 0 Å². The van der Waals surface area contributed by atoms with Crippen molar-refractivity contribution in [2.24, 2.45) is 0 Å². The van der Waals surface area contributed by atoms with Gasteiger partial charge in [-0.2, -0.15) is 0 Å². The Morgan fingerprint density at radius 1 is 1.04 bits per heavy atom. The lowest BCUT2D eigenvalue weighted by molar-refractivity contribution is 0.0981. The normalized spacial score (nSPS) is 11.0. The first-order valence-corrected chi connectivity index (χ1v) is 8.51. The fraction of sp³-hybridized carbons (Fsp3) is 0.188. The lowest BCUT2D eigenvalue weighted by atomic mass is 10.2. The Balaban J connectivity index is 2.14. The predicted octanol–water partition coefficient (Wildman–Crippen LogP) is 2.10. The number of sulfonamides is 1. The van der Waals surface area contributed by atoms with Crippen molar-refractivity contribution in [2.75, 3.05) is 14.2 Å². The number of ether oxygens (including phenoxy) is 2. The SMILES string of the molecule is COc1ccc(C(=O)NS(=O)(=O)Cc2ccc(F)cc2)cc1OC. The fourth-order valence-electron chi connectivity index (χ4n) is 2.01. The molecule has 1 amide bonds. The molecule has 128 valence electrons. The Morgan fingerprint density at radius 3 is 2.25 bits per heavy atom. The molecule has 0 aliphatic carbocycles. The van der Waals surface area contributed by atoms with Crippen LogP contribution in [0.2, 0.25) is 0 Å². The molecular weight excluding hydrogens is 337 g/mol. The number of hydrogen-bond acceptors (Lipinski definition) is 5. The van der Waals surface area contributed by atoms with E-state index in [0.29, 0.717) is 17.1 Å². The van der Waals surface area contributed by atoms with Crippen LogP contribution < -0.4 is 14.2 Å². The molecule has 2 rings (SSSR count). The maximum absolute atomic E-state index is 12.8. The molecule has 2 aromatic carbocycles. The summed E-state index contributed by atoms with van der Waals surface area (Å²) in [5.74, 6) is -0.973. The molecule has 0 aliphatic heterocycles. The first-order valence-electron chi connectivity index (χ1n) is 6.86. The van der Waals surface area contributed by atoms with Gasteiger partial charge in [-0.05, 0) is 35.9 Å². The van der Waals surface area contributed by atoms with E-state index in [1.165, 1.54) is 44.6 Å². The number of halogens is 1. The standard InChI is InChI=1S/C16H16FNO5S/c1-22-14-8-5-12(9-15(14)23-2)16(19)18-24(20,21)10-11-3-6-13(17)7-4-11/h3-9H,10H2,1-2H3,(H,18,19). The van der Waals surface area contributed by atoms with Crippen LogP contribution in [-0.4, -0.2) is 28.5 Å². The van der Waals surface area contributed by atoms with Gasteiger partial charge in [-0.1, -0.05) is 12.1 Å². The van der Waals surface area contributed by atoms with Crippen LogP contribution in [0.15, 0.2) is 42.5 Å². The molecule has 0 unspecified atom stereocenters. The Labute approximate surface area is 139 Å². The van der Waals surface area contributed by atoms with Gasteiger partial charge in [0.2, 0.25) is 10.0 Å². The third-order valence-corrected chi connectivity index (χ3v) is 4.37. The van der Waals surface area contributed by atoms with Crippen molar-refractivity contribution in [1.82, 2.24) is 4.72 Å². The van der Waals surface area contributed by atoms with Gasteiger partial charge in [0.1, 0.15) is 5.82 Å². The van der Waals surface area contributed by atoms with E-state index >= 15 is 0 Å². The number of carbonyl (C=O) groups is 1. The van der Waals surface area contributed by atoms with Gasteiger partial charge in [-0.25, -0.2) is 17.5 Å². The van der Waals surface area contributed by atoms with Crippen LogP contribution in [-0.2, 0) is 15.8 Å². The van der Waals surface area contributed by atoms with Gasteiger partial charge in [0.05, 0.1) is 20.0 Å². The molecule has 0 atom stereocenters. The summed E-state index contributed by atoms with van der Waals surface area (Å²) in [6.45, 7) is 0. The zero-order chi connectivity index (χ0) is 17.7. The Bertz CT molecular complexity index is 834. The molecule has 0 aliphatic rings. The van der Waals surface area contributed by atoms with Crippen LogP contribution in [0.1, 0.15) is 15.9 Å². The summed E-state index contributed by atoms with van der Waals surface area (Å²) in [6, 6.07) is 9.29. The van der Waals surface area contributed by atoms with E-state index < -0.39 is 27.5 Å². The van der Waals surface area contributed by atoms with Crippen LogP contribution in [0, 0.1) is 5.82 Å². The molecule has 1 N–H and O–H groups in total. The van der Waals surface area contributed by atoms with Gasteiger partial charge in [0.15, 0.2) is 11.5 Å². The number of carbonyl (C=O) groups excluding carboxylic acids is 1. The zero-order valence-electron chi connectivity index (χ0n) is 13.1. The molecule has 0 saturated carbocycles. The third kappa shape index (κ3) is 4.45. The molecule has 0 spiro atoms. The van der Waals surface area contributed by atoms with Crippen molar-refractivity contribution in [2.45, 2.75) is 5.75 Å². The molecule has 6 nitrogen and oxygen atoms in total. The lowest BCUT2D eigenvalue weighted by Crippen LogP contribution is -2.31. The van der Waals surface area contributed by atoms with Gasteiger partial charge >= 0.3 is 0 Å².